The van der Waals surface area contributed by atoms with E-state index in [-0.39, 0.29) is 54.6 Å². The number of carbonyl (C=O) groups excluding carboxylic acids is 6. The number of hydrogen-bond acceptors (Lipinski definition) is 17. The van der Waals surface area contributed by atoms with Crippen LogP contribution in [0.4, 0.5) is 4.79 Å². The van der Waals surface area contributed by atoms with Crippen molar-refractivity contribution in [1.82, 2.24) is 37.2 Å². The highest BCUT2D eigenvalue weighted by Gasteiger charge is 2.42. The normalized spacial score (nSPS) is 16.2. The summed E-state index contributed by atoms with van der Waals surface area (Å²) in [5, 5.41) is 40.7. The number of nitrogens with one attached hydrogen (secondary N) is 7. The number of allylic oxidation sites excluding steroid dienone is 1. The van der Waals surface area contributed by atoms with Crippen LogP contribution in [0.5, 0.6) is 0 Å². The van der Waals surface area contributed by atoms with Crippen LogP contribution < -0.4 is 37.2 Å². The number of aliphatic hydroxyl groups is 2. The molecule has 5 atom stereocenters. The van der Waals surface area contributed by atoms with Crippen molar-refractivity contribution in [3.8, 4) is 0 Å². The molecule has 24 heteroatoms. The number of ether oxygens (including phenoxy) is 8. The first-order valence-corrected chi connectivity index (χ1v) is 33.8. The van der Waals surface area contributed by atoms with Gasteiger partial charge in [0.25, 0.3) is 0 Å². The van der Waals surface area contributed by atoms with E-state index in [1.807, 2.05) is 17.8 Å². The van der Waals surface area contributed by atoms with Gasteiger partial charge in [-0.3, -0.25) is 24.0 Å². The van der Waals surface area contributed by atoms with Crippen molar-refractivity contribution >= 4 is 47.3 Å². The summed E-state index contributed by atoms with van der Waals surface area (Å²) in [5.41, 5.74) is 0. The largest absolute Gasteiger partial charge is 0.394 e. The molecule has 0 aromatic heterocycles. The van der Waals surface area contributed by atoms with Gasteiger partial charge in [-0.05, 0) is 51.4 Å². The molecule has 2 rings (SSSR count). The van der Waals surface area contributed by atoms with E-state index < -0.39 is 24.7 Å². The van der Waals surface area contributed by atoms with Crippen molar-refractivity contribution < 1.29 is 76.9 Å². The summed E-state index contributed by atoms with van der Waals surface area (Å²) in [6.07, 6.45) is 26.5. The minimum atomic E-state index is -1.01. The number of fused-ring (bicyclic) bond motifs is 1. The van der Waals surface area contributed by atoms with Gasteiger partial charge in [0.2, 0.25) is 29.5 Å². The molecular formula is C62H115N7O16S. The third kappa shape index (κ3) is 47.3. The standard InChI is InChI=1S/C62H115N7O16S/c1-2-3-4-5-6-7-8-9-10-11-12-13-16-23-54(71)52(50-70)67-60(76)29-28-59(75)66-33-35-79-37-39-81-41-43-83-45-47-85-49-48-84-46-44-82-42-40-80-38-36-78-34-32-65-58(74)26-18-15-22-30-63-56(72)25-17-14-21-31-64-57(73)27-20-19-24-55-61-53(51-86-55)68-62(77)69-61/h16,23,52-55,61,70-71H,2-15,17-22,24-51H2,1H3,(H,63,72)(H,64,73)(H,65,74)(H,66,75)(H,67,76)(H2,68,69,77)/t52-,53+,54+,55+,61+/m1/s1. The van der Waals surface area contributed by atoms with Crippen LogP contribution in [0.2, 0.25) is 0 Å². The number of urea groups is 1. The SMILES string of the molecule is CCCCCCCCCCCCCC=C[C@H](O)[C@@H](CO)NC(=O)CCC(=O)NCCOCCOCCOCCOCCOCCOCCOCCOCCNC(=O)CCCCCNC(=O)CCCCCNC(=O)CCCC[C@@H]1SC[C@@H]2NC(=O)N[C@@H]21. The first-order valence-electron chi connectivity index (χ1n) is 32.7. The number of carbonyl (C=O) groups is 6. The Morgan fingerprint density at radius 3 is 1.33 bits per heavy atom. The van der Waals surface area contributed by atoms with Gasteiger partial charge in [-0.2, -0.15) is 11.8 Å². The summed E-state index contributed by atoms with van der Waals surface area (Å²) >= 11 is 1.90. The van der Waals surface area contributed by atoms with E-state index in [0.717, 1.165) is 82.8 Å². The lowest BCUT2D eigenvalue weighted by molar-refractivity contribution is -0.127. The first kappa shape index (κ1) is 78.4. The molecule has 2 fully saturated rings. The Bertz CT molecular complexity index is 1730. The van der Waals surface area contributed by atoms with Gasteiger partial charge in [0.05, 0.1) is 137 Å². The molecule has 2 aliphatic heterocycles. The number of amides is 7. The highest BCUT2D eigenvalue weighted by Crippen LogP contribution is 2.33. The van der Waals surface area contributed by atoms with Crippen molar-refractivity contribution in [2.75, 3.05) is 144 Å². The minimum Gasteiger partial charge on any atom is -0.394 e. The zero-order valence-corrected chi connectivity index (χ0v) is 53.3. The third-order valence-corrected chi connectivity index (χ3v) is 16.0. The fourth-order valence-corrected chi connectivity index (χ4v) is 11.0. The van der Waals surface area contributed by atoms with Crippen LogP contribution in [0.15, 0.2) is 12.2 Å². The average Bonchev–Trinajstić information content (AvgIpc) is 3.15. The fourth-order valence-electron chi connectivity index (χ4n) is 9.47. The molecule has 23 nitrogen and oxygen atoms in total. The van der Waals surface area contributed by atoms with Gasteiger partial charge in [0.1, 0.15) is 0 Å². The van der Waals surface area contributed by atoms with Crippen LogP contribution in [-0.4, -0.2) is 220 Å². The van der Waals surface area contributed by atoms with Crippen LogP contribution in [-0.2, 0) is 61.9 Å². The highest BCUT2D eigenvalue weighted by atomic mass is 32.2. The van der Waals surface area contributed by atoms with Crippen LogP contribution in [0.3, 0.4) is 0 Å². The van der Waals surface area contributed by atoms with E-state index in [2.05, 4.69) is 44.1 Å². The Morgan fingerprint density at radius 2 is 0.872 bits per heavy atom. The molecule has 0 spiro atoms. The summed E-state index contributed by atoms with van der Waals surface area (Å²) in [5.74, 6) is 0.338. The lowest BCUT2D eigenvalue weighted by atomic mass is 10.0. The second-order valence-corrected chi connectivity index (χ2v) is 23.2. The molecular weight excluding hydrogens is 1130 g/mol. The molecule has 9 N–H and O–H groups in total. The summed E-state index contributed by atoms with van der Waals surface area (Å²) in [7, 11) is 0. The lowest BCUT2D eigenvalue weighted by Crippen LogP contribution is -2.45. The van der Waals surface area contributed by atoms with Crippen LogP contribution >= 0.6 is 11.8 Å². The second-order valence-electron chi connectivity index (χ2n) is 21.9. The van der Waals surface area contributed by atoms with E-state index >= 15 is 0 Å². The molecule has 0 saturated carbocycles. The molecule has 0 radical (unpaired) electrons. The summed E-state index contributed by atoms with van der Waals surface area (Å²) in [6, 6.07) is -0.458. The molecule has 0 aromatic rings. The van der Waals surface area contributed by atoms with Crippen LogP contribution in [0, 0.1) is 0 Å². The Labute approximate surface area is 519 Å². The van der Waals surface area contributed by atoms with Gasteiger partial charge >= 0.3 is 6.03 Å². The van der Waals surface area contributed by atoms with Crippen molar-refractivity contribution in [1.29, 1.82) is 0 Å². The van der Waals surface area contributed by atoms with Gasteiger partial charge in [-0.15, -0.1) is 0 Å². The van der Waals surface area contributed by atoms with E-state index in [4.69, 9.17) is 37.9 Å². The van der Waals surface area contributed by atoms with Gasteiger partial charge in [0, 0.05) is 69.3 Å². The topological polar surface area (TPSA) is 301 Å². The maximum atomic E-state index is 12.4. The van der Waals surface area contributed by atoms with Gasteiger partial charge in [0.15, 0.2) is 0 Å². The molecule has 0 unspecified atom stereocenters. The zero-order valence-electron chi connectivity index (χ0n) is 52.5. The first-order chi connectivity index (χ1) is 42.1. The van der Waals surface area contributed by atoms with Crippen LogP contribution in [0.25, 0.3) is 0 Å². The van der Waals surface area contributed by atoms with E-state index in [0.29, 0.717) is 156 Å². The molecule has 0 aromatic carbocycles. The molecule has 2 heterocycles. The molecule has 7 amide bonds. The number of unbranched alkanes of at least 4 members (excludes halogenated alkanes) is 16. The zero-order chi connectivity index (χ0) is 62.0. The Balaban J connectivity index is 1.20. The molecule has 2 aliphatic rings. The third-order valence-electron chi connectivity index (χ3n) is 14.5. The monoisotopic (exact) mass is 1250 g/mol. The number of rotatable bonds is 63. The molecule has 500 valence electrons. The molecule has 0 aliphatic carbocycles. The maximum Gasteiger partial charge on any atom is 0.315 e. The summed E-state index contributed by atoms with van der Waals surface area (Å²) in [6.45, 7) is 10.4. The number of aliphatic hydroxyl groups excluding tert-OH is 2. The minimum absolute atomic E-state index is 0.0154. The average molecular weight is 1250 g/mol. The van der Waals surface area contributed by atoms with E-state index in [1.54, 1.807) is 6.08 Å². The second kappa shape index (κ2) is 57.7. The Kier molecular flexibility index (Phi) is 52.6. The van der Waals surface area contributed by atoms with Crippen molar-refractivity contribution in [2.45, 2.75) is 203 Å². The predicted octanol–water partition coefficient (Wildman–Crippen LogP) is 5.31. The summed E-state index contributed by atoms with van der Waals surface area (Å²) < 4.78 is 44.1. The van der Waals surface area contributed by atoms with E-state index in [9.17, 15) is 39.0 Å². The van der Waals surface area contributed by atoms with E-state index in [1.165, 1.54) is 57.8 Å². The molecule has 2 saturated heterocycles. The number of thioether (sulfide) groups is 1. The Morgan fingerprint density at radius 1 is 0.488 bits per heavy atom. The quantitative estimate of drug-likeness (QED) is 0.0212. The predicted molar refractivity (Wildman–Crippen MR) is 334 cm³/mol. The molecule has 86 heavy (non-hydrogen) atoms. The van der Waals surface area contributed by atoms with Crippen molar-refractivity contribution in [3.05, 3.63) is 12.2 Å². The number of hydrogen-bond donors (Lipinski definition) is 9. The maximum absolute atomic E-state index is 12.4. The highest BCUT2D eigenvalue weighted by molar-refractivity contribution is 8.00. The van der Waals surface area contributed by atoms with Gasteiger partial charge in [-0.1, -0.05) is 103 Å². The van der Waals surface area contributed by atoms with Gasteiger partial charge in [-0.25, -0.2) is 4.79 Å². The van der Waals surface area contributed by atoms with Gasteiger partial charge < -0.3 is 85.3 Å². The molecule has 0 bridgehead atoms. The smallest absolute Gasteiger partial charge is 0.315 e. The summed E-state index contributed by atoms with van der Waals surface area (Å²) in [4.78, 5) is 72.6. The lowest BCUT2D eigenvalue weighted by Gasteiger charge is -2.19. The Hall–Kier alpha value is -3.69. The fraction of sp³-hybridized carbons (Fsp3) is 0.871. The van der Waals surface area contributed by atoms with Crippen LogP contribution in [0.1, 0.15) is 174 Å². The van der Waals surface area contributed by atoms with Crippen molar-refractivity contribution in [3.63, 3.8) is 0 Å². The van der Waals surface area contributed by atoms with Crippen molar-refractivity contribution in [2.24, 2.45) is 0 Å².